The third-order valence-corrected chi connectivity index (χ3v) is 1.00. The Morgan fingerprint density at radius 2 is 1.92 bits per heavy atom. The van der Waals surface area contributed by atoms with E-state index in [2.05, 4.69) is 10.8 Å². The average Bonchev–Trinajstić information content (AvgIpc) is 1.91. The zero-order valence-electron chi connectivity index (χ0n) is 6.65. The van der Waals surface area contributed by atoms with Crippen molar-refractivity contribution in [2.75, 3.05) is 0 Å². The summed E-state index contributed by atoms with van der Waals surface area (Å²) in [5.74, 6) is -1.93. The fraction of sp³-hybridized carbons (Fsp3) is 0.143. The second-order valence-corrected chi connectivity index (χ2v) is 1.90. The first kappa shape index (κ1) is 13.8. The minimum atomic E-state index is -4.86. The quantitative estimate of drug-likeness (QED) is 0.503. The van der Waals surface area contributed by atoms with Crippen LogP contribution in [-0.2, 0) is 0 Å². The van der Waals surface area contributed by atoms with Crippen molar-refractivity contribution in [1.82, 2.24) is 0 Å². The Morgan fingerprint density at radius 1 is 1.31 bits per heavy atom. The molecule has 0 heterocycles. The van der Waals surface area contributed by atoms with Crippen LogP contribution in [0.25, 0.3) is 0 Å². The van der Waals surface area contributed by atoms with Crippen molar-refractivity contribution in [2.45, 2.75) is 6.36 Å². The van der Waals surface area contributed by atoms with E-state index in [1.54, 1.807) is 0 Å². The number of alkyl halides is 3. The number of halogens is 4. The molecular weight excluding hydrogens is 309 g/mol. The van der Waals surface area contributed by atoms with Gasteiger partial charge in [0, 0.05) is 5.82 Å². The molecule has 1 rings (SSSR count). The summed E-state index contributed by atoms with van der Waals surface area (Å²) in [6, 6.07) is 5.01. The summed E-state index contributed by atoms with van der Waals surface area (Å²) in [6.45, 7) is 0. The first-order valence-electron chi connectivity index (χ1n) is 2.90. The Hall–Kier alpha value is 0.792. The molecule has 0 aliphatic rings. The van der Waals surface area contributed by atoms with Crippen molar-refractivity contribution in [3.05, 3.63) is 30.1 Å². The molecule has 66 valence electrons. The molecule has 1 nitrogen and oxygen atoms in total. The molecule has 1 aromatic carbocycles. The SMILES string of the molecule is Fc1c[c-]ccc1OC(F)(F)F.[Cs+]. The number of ether oxygens (including phenoxy) is 1. The van der Waals surface area contributed by atoms with E-state index in [-0.39, 0.29) is 68.9 Å². The summed E-state index contributed by atoms with van der Waals surface area (Å²) in [7, 11) is 0. The second kappa shape index (κ2) is 5.62. The van der Waals surface area contributed by atoms with Crippen LogP contribution in [0.3, 0.4) is 0 Å². The van der Waals surface area contributed by atoms with Crippen LogP contribution in [0.4, 0.5) is 17.6 Å². The van der Waals surface area contributed by atoms with E-state index in [4.69, 9.17) is 0 Å². The molecule has 0 aliphatic heterocycles. The van der Waals surface area contributed by atoms with Crippen molar-refractivity contribution in [1.29, 1.82) is 0 Å². The maximum atomic E-state index is 12.5. The number of hydrogen-bond acceptors (Lipinski definition) is 1. The normalized spacial score (nSPS) is 10.5. The van der Waals surface area contributed by atoms with Crippen LogP contribution in [0.2, 0.25) is 0 Å². The molecule has 1 aromatic rings. The molecule has 0 unspecified atom stereocenters. The number of rotatable bonds is 1. The fourth-order valence-corrected chi connectivity index (χ4v) is 0.603. The minimum absolute atomic E-state index is 0. The Balaban J connectivity index is 0.00000144. The summed E-state index contributed by atoms with van der Waals surface area (Å²) in [6.07, 6.45) is -4.86. The fourth-order valence-electron chi connectivity index (χ4n) is 0.603. The molecule has 6 heteroatoms. The maximum absolute atomic E-state index is 12.5. The van der Waals surface area contributed by atoms with Crippen molar-refractivity contribution in [2.24, 2.45) is 0 Å². The van der Waals surface area contributed by atoms with E-state index in [1.165, 1.54) is 0 Å². The van der Waals surface area contributed by atoms with Crippen molar-refractivity contribution < 1.29 is 91.2 Å². The van der Waals surface area contributed by atoms with Crippen molar-refractivity contribution >= 4 is 0 Å². The van der Waals surface area contributed by atoms with Crippen LogP contribution in [0, 0.1) is 11.9 Å². The summed E-state index contributed by atoms with van der Waals surface area (Å²) in [5, 5.41) is 0. The Labute approximate surface area is 131 Å². The molecule has 0 bridgehead atoms. The van der Waals surface area contributed by atoms with E-state index in [9.17, 15) is 17.6 Å². The van der Waals surface area contributed by atoms with Gasteiger partial charge in [-0.1, -0.05) is 0 Å². The van der Waals surface area contributed by atoms with Crippen molar-refractivity contribution in [3.63, 3.8) is 0 Å². The van der Waals surface area contributed by atoms with E-state index in [0.717, 1.165) is 18.2 Å². The van der Waals surface area contributed by atoms with Crippen LogP contribution in [0.1, 0.15) is 0 Å². The van der Waals surface area contributed by atoms with Gasteiger partial charge in [-0.05, 0) is 0 Å². The predicted octanol–water partition coefficient (Wildman–Crippen LogP) is -0.472. The first-order chi connectivity index (χ1) is 5.49. The molecule has 0 N–H and O–H groups in total. The van der Waals surface area contributed by atoms with Gasteiger partial charge in [-0.15, -0.1) is 25.3 Å². The van der Waals surface area contributed by atoms with Gasteiger partial charge in [-0.2, -0.15) is 12.1 Å². The van der Waals surface area contributed by atoms with Gasteiger partial charge < -0.3 is 4.74 Å². The van der Waals surface area contributed by atoms with Crippen molar-refractivity contribution in [3.8, 4) is 5.75 Å². The van der Waals surface area contributed by atoms with Gasteiger partial charge in [0.1, 0.15) is 0 Å². The molecule has 0 atom stereocenters. The van der Waals surface area contributed by atoms with Gasteiger partial charge in [0.2, 0.25) is 0 Å². The largest absolute Gasteiger partial charge is 1.00 e. The monoisotopic (exact) mass is 312 g/mol. The molecular formula is C7H3CsF4O. The zero-order valence-corrected chi connectivity index (χ0v) is 12.9. The predicted molar refractivity (Wildman–Crippen MR) is 31.9 cm³/mol. The van der Waals surface area contributed by atoms with E-state index < -0.39 is 17.9 Å². The summed E-state index contributed by atoms with van der Waals surface area (Å²) in [5.41, 5.74) is 0. The van der Waals surface area contributed by atoms with Gasteiger partial charge >= 0.3 is 75.3 Å². The zero-order chi connectivity index (χ0) is 9.19. The molecule has 0 aromatic heterocycles. The van der Waals surface area contributed by atoms with Gasteiger partial charge in [0.25, 0.3) is 0 Å². The average molecular weight is 312 g/mol. The first-order valence-corrected chi connectivity index (χ1v) is 2.90. The number of benzene rings is 1. The number of hydrogen-bond donors (Lipinski definition) is 0. The standard InChI is InChI=1S/C7H3F4O.Cs/c8-5-3-1-2-4-6(5)12-7(9,10)11;/h2-4H;/q-1;+1. The summed E-state index contributed by atoms with van der Waals surface area (Å²) < 4.78 is 50.4. The van der Waals surface area contributed by atoms with E-state index >= 15 is 0 Å². The van der Waals surface area contributed by atoms with E-state index in [0.29, 0.717) is 0 Å². The van der Waals surface area contributed by atoms with Gasteiger partial charge in [0.05, 0.1) is 5.75 Å². The third-order valence-electron chi connectivity index (χ3n) is 1.00. The molecule has 0 saturated heterocycles. The van der Waals surface area contributed by atoms with Gasteiger partial charge in [0.15, 0.2) is 0 Å². The summed E-state index contributed by atoms with van der Waals surface area (Å²) in [4.78, 5) is 0. The van der Waals surface area contributed by atoms with Crippen LogP contribution in [0.15, 0.2) is 18.2 Å². The minimum Gasteiger partial charge on any atom is -0.430 e. The van der Waals surface area contributed by atoms with E-state index in [1.807, 2.05) is 0 Å². The van der Waals surface area contributed by atoms with Crippen LogP contribution < -0.4 is 73.6 Å². The molecule has 0 fully saturated rings. The molecule has 0 radical (unpaired) electrons. The molecule has 0 amide bonds. The Bertz CT molecular complexity index is 273. The van der Waals surface area contributed by atoms with Gasteiger partial charge in [-0.25, -0.2) is 0 Å². The van der Waals surface area contributed by atoms with Gasteiger partial charge in [-0.3, -0.25) is 4.39 Å². The molecule has 0 saturated carbocycles. The van der Waals surface area contributed by atoms with Crippen LogP contribution in [-0.4, -0.2) is 6.36 Å². The van der Waals surface area contributed by atoms with Crippen LogP contribution >= 0.6 is 0 Å². The Kier molecular flexibility index (Phi) is 5.96. The molecule has 13 heavy (non-hydrogen) atoms. The Morgan fingerprint density at radius 3 is 2.38 bits per heavy atom. The topological polar surface area (TPSA) is 9.23 Å². The second-order valence-electron chi connectivity index (χ2n) is 1.90. The third kappa shape index (κ3) is 5.28. The maximum Gasteiger partial charge on any atom is 1.00 e. The molecule has 0 spiro atoms. The summed E-state index contributed by atoms with van der Waals surface area (Å²) >= 11 is 0. The molecule has 0 aliphatic carbocycles. The van der Waals surface area contributed by atoms with Crippen LogP contribution in [0.5, 0.6) is 5.75 Å². The smallest absolute Gasteiger partial charge is 0.430 e.